The van der Waals surface area contributed by atoms with Crippen molar-refractivity contribution in [1.82, 2.24) is 14.5 Å². The quantitative estimate of drug-likeness (QED) is 0.352. The number of nitrogens with zero attached hydrogens (tertiary/aromatic N) is 3. The number of anilines is 2. The van der Waals surface area contributed by atoms with Crippen LogP contribution in [0.4, 0.5) is 16.2 Å². The highest BCUT2D eigenvalue weighted by Gasteiger charge is 2.17. The molecule has 0 aliphatic rings. The Hall–Kier alpha value is -3.85. The van der Waals surface area contributed by atoms with Crippen LogP contribution >= 0.6 is 15.9 Å². The van der Waals surface area contributed by atoms with E-state index in [4.69, 9.17) is 9.47 Å². The number of amides is 2. The molecule has 33 heavy (non-hydrogen) atoms. The van der Waals surface area contributed by atoms with Crippen LogP contribution in [0.3, 0.4) is 0 Å². The number of benzene rings is 2. The fourth-order valence-corrected chi connectivity index (χ4v) is 4.04. The average molecular weight is 508 g/mol. The number of urea groups is 1. The van der Waals surface area contributed by atoms with Crippen molar-refractivity contribution in [2.75, 3.05) is 24.9 Å². The van der Waals surface area contributed by atoms with E-state index in [0.29, 0.717) is 27.3 Å². The number of aromatic nitrogens is 3. The van der Waals surface area contributed by atoms with Crippen molar-refractivity contribution in [1.29, 1.82) is 0 Å². The van der Waals surface area contributed by atoms with Crippen LogP contribution < -0.4 is 20.1 Å². The molecule has 0 fully saturated rings. The van der Waals surface area contributed by atoms with Gasteiger partial charge in [-0.25, -0.2) is 9.78 Å². The third-order valence-corrected chi connectivity index (χ3v) is 5.65. The van der Waals surface area contributed by atoms with Crippen LogP contribution in [0.5, 0.6) is 11.5 Å². The molecule has 0 radical (unpaired) electrons. The Labute approximate surface area is 199 Å². The third kappa shape index (κ3) is 5.15. The minimum Gasteiger partial charge on any atom is -0.495 e. The number of methoxy groups -OCH3 is 2. The van der Waals surface area contributed by atoms with Gasteiger partial charge in [-0.1, -0.05) is 12.1 Å². The lowest BCUT2D eigenvalue weighted by atomic mass is 9.99. The molecule has 168 valence electrons. The standard InChI is InChI=1S/C24H22BrN5O3/c1-32-21-14-22(33-2)20(13-19(21)25)29-24(31)28-18-5-3-4-17(12-18)23(30-11-10-27-15-30)16-6-8-26-9-7-16/h3-15,23H,1-2H3,(H2,28,29,31). The van der Waals surface area contributed by atoms with Gasteiger partial charge in [0.1, 0.15) is 11.5 Å². The summed E-state index contributed by atoms with van der Waals surface area (Å²) in [4.78, 5) is 21.1. The highest BCUT2D eigenvalue weighted by Crippen LogP contribution is 2.36. The van der Waals surface area contributed by atoms with Gasteiger partial charge in [-0.2, -0.15) is 0 Å². The molecule has 2 aromatic heterocycles. The first kappa shape index (κ1) is 22.3. The Morgan fingerprint density at radius 3 is 2.42 bits per heavy atom. The first-order valence-corrected chi connectivity index (χ1v) is 10.8. The number of imidazole rings is 1. The maximum Gasteiger partial charge on any atom is 0.323 e. The van der Waals surface area contributed by atoms with Crippen LogP contribution in [-0.4, -0.2) is 34.8 Å². The molecule has 0 saturated carbocycles. The SMILES string of the molecule is COc1cc(OC)c(NC(=O)Nc2cccc(C(c3ccncc3)n3ccnc3)c2)cc1Br. The Morgan fingerprint density at radius 2 is 1.73 bits per heavy atom. The van der Waals surface area contributed by atoms with E-state index >= 15 is 0 Å². The highest BCUT2D eigenvalue weighted by atomic mass is 79.9. The number of carbonyl (C=O) groups excluding carboxylic acids is 1. The summed E-state index contributed by atoms with van der Waals surface area (Å²) in [6, 6.07) is 14.5. The molecule has 2 heterocycles. The number of halogens is 1. The van der Waals surface area contributed by atoms with Gasteiger partial charge in [-0.05, 0) is 57.4 Å². The Kier molecular flexibility index (Phi) is 6.89. The largest absolute Gasteiger partial charge is 0.495 e. The van der Waals surface area contributed by atoms with Crippen LogP contribution in [0.15, 0.2) is 84.1 Å². The molecular formula is C24H22BrN5O3. The highest BCUT2D eigenvalue weighted by molar-refractivity contribution is 9.10. The van der Waals surface area contributed by atoms with Gasteiger partial charge in [0, 0.05) is 36.5 Å². The number of hydrogen-bond acceptors (Lipinski definition) is 5. The average Bonchev–Trinajstić information content (AvgIpc) is 3.35. The van der Waals surface area contributed by atoms with Gasteiger partial charge in [0.2, 0.25) is 0 Å². The zero-order valence-corrected chi connectivity index (χ0v) is 19.6. The first-order chi connectivity index (χ1) is 16.1. The molecule has 2 amide bonds. The fourth-order valence-electron chi connectivity index (χ4n) is 3.53. The summed E-state index contributed by atoms with van der Waals surface area (Å²) in [6.45, 7) is 0. The van der Waals surface area contributed by atoms with E-state index in [2.05, 4.69) is 36.5 Å². The van der Waals surface area contributed by atoms with Crippen LogP contribution in [-0.2, 0) is 0 Å². The molecule has 0 bridgehead atoms. The summed E-state index contributed by atoms with van der Waals surface area (Å²) in [6.07, 6.45) is 8.94. The van der Waals surface area contributed by atoms with Gasteiger partial charge in [-0.15, -0.1) is 0 Å². The molecular weight excluding hydrogens is 486 g/mol. The smallest absolute Gasteiger partial charge is 0.323 e. The van der Waals surface area contributed by atoms with E-state index in [9.17, 15) is 4.79 Å². The van der Waals surface area contributed by atoms with Crippen LogP contribution in [0.1, 0.15) is 17.2 Å². The molecule has 8 nitrogen and oxygen atoms in total. The summed E-state index contributed by atoms with van der Waals surface area (Å²) >= 11 is 3.43. The van der Waals surface area contributed by atoms with Crippen molar-refractivity contribution >= 4 is 33.3 Å². The zero-order chi connectivity index (χ0) is 23.2. The number of hydrogen-bond donors (Lipinski definition) is 2. The number of ether oxygens (including phenoxy) is 2. The molecule has 9 heteroatoms. The van der Waals surface area contributed by atoms with E-state index in [1.165, 1.54) is 7.11 Å². The summed E-state index contributed by atoms with van der Waals surface area (Å²) in [7, 11) is 3.10. The Balaban J connectivity index is 1.57. The van der Waals surface area contributed by atoms with E-state index in [0.717, 1.165) is 11.1 Å². The summed E-state index contributed by atoms with van der Waals surface area (Å²) in [5.74, 6) is 1.09. The zero-order valence-electron chi connectivity index (χ0n) is 18.0. The van der Waals surface area contributed by atoms with Crippen molar-refractivity contribution in [2.45, 2.75) is 6.04 Å². The minimum absolute atomic E-state index is 0.113. The third-order valence-electron chi connectivity index (χ3n) is 5.03. The maximum atomic E-state index is 12.7. The lowest BCUT2D eigenvalue weighted by Gasteiger charge is -2.20. The van der Waals surface area contributed by atoms with Gasteiger partial charge < -0.3 is 24.7 Å². The second-order valence-electron chi connectivity index (χ2n) is 7.08. The van der Waals surface area contributed by atoms with Gasteiger partial charge in [0.25, 0.3) is 0 Å². The van der Waals surface area contributed by atoms with Gasteiger partial charge >= 0.3 is 6.03 Å². The minimum atomic E-state index is -0.398. The summed E-state index contributed by atoms with van der Waals surface area (Å²) < 4.78 is 13.4. The molecule has 0 aliphatic carbocycles. The van der Waals surface area contributed by atoms with Crippen LogP contribution in [0, 0.1) is 0 Å². The number of pyridine rings is 1. The normalized spacial score (nSPS) is 11.5. The Morgan fingerprint density at radius 1 is 0.939 bits per heavy atom. The van der Waals surface area contributed by atoms with E-state index < -0.39 is 6.03 Å². The van der Waals surface area contributed by atoms with E-state index in [1.54, 1.807) is 44.2 Å². The topological polar surface area (TPSA) is 90.3 Å². The molecule has 0 saturated heterocycles. The molecule has 4 rings (SSSR count). The molecule has 0 spiro atoms. The van der Waals surface area contributed by atoms with Gasteiger partial charge in [-0.3, -0.25) is 4.98 Å². The number of rotatable bonds is 7. The first-order valence-electron chi connectivity index (χ1n) is 10.1. The fraction of sp³-hybridized carbons (Fsp3) is 0.125. The number of carbonyl (C=O) groups is 1. The molecule has 2 aromatic carbocycles. The molecule has 1 atom stereocenters. The van der Waals surface area contributed by atoms with Crippen molar-refractivity contribution in [3.63, 3.8) is 0 Å². The predicted octanol–water partition coefficient (Wildman–Crippen LogP) is 5.34. The van der Waals surface area contributed by atoms with Crippen LogP contribution in [0.2, 0.25) is 0 Å². The Bertz CT molecular complexity index is 1230. The molecule has 2 N–H and O–H groups in total. The van der Waals surface area contributed by atoms with Crippen molar-refractivity contribution in [3.8, 4) is 11.5 Å². The molecule has 4 aromatic rings. The van der Waals surface area contributed by atoms with Gasteiger partial charge in [0.05, 0.1) is 36.7 Å². The lowest BCUT2D eigenvalue weighted by Crippen LogP contribution is -2.20. The monoisotopic (exact) mass is 507 g/mol. The van der Waals surface area contributed by atoms with Crippen LogP contribution in [0.25, 0.3) is 0 Å². The lowest BCUT2D eigenvalue weighted by molar-refractivity contribution is 0.262. The maximum absolute atomic E-state index is 12.7. The van der Waals surface area contributed by atoms with Crippen molar-refractivity contribution in [3.05, 3.63) is 95.2 Å². The summed E-state index contributed by atoms with van der Waals surface area (Å²) in [5, 5.41) is 5.72. The van der Waals surface area contributed by atoms with E-state index in [-0.39, 0.29) is 6.04 Å². The molecule has 0 aliphatic heterocycles. The van der Waals surface area contributed by atoms with E-state index in [1.807, 2.05) is 47.2 Å². The van der Waals surface area contributed by atoms with Crippen molar-refractivity contribution < 1.29 is 14.3 Å². The van der Waals surface area contributed by atoms with Crippen molar-refractivity contribution in [2.24, 2.45) is 0 Å². The summed E-state index contributed by atoms with van der Waals surface area (Å²) in [5.41, 5.74) is 3.20. The molecule has 1 unspecified atom stereocenters. The second kappa shape index (κ2) is 10.2. The van der Waals surface area contributed by atoms with Gasteiger partial charge in [0.15, 0.2) is 0 Å². The predicted molar refractivity (Wildman–Crippen MR) is 130 cm³/mol. The second-order valence-corrected chi connectivity index (χ2v) is 7.94. The number of nitrogens with one attached hydrogen (secondary N) is 2.